The second-order valence-electron chi connectivity index (χ2n) is 7.98. The van der Waals surface area contributed by atoms with Crippen LogP contribution in [0.25, 0.3) is 0 Å². The molecule has 2 amide bonds. The quantitative estimate of drug-likeness (QED) is 0.530. The summed E-state index contributed by atoms with van der Waals surface area (Å²) in [6.45, 7) is 2.59. The van der Waals surface area contributed by atoms with Crippen LogP contribution >= 0.6 is 0 Å². The molecule has 33 heavy (non-hydrogen) atoms. The maximum atomic E-state index is 13.4. The second-order valence-corrected chi connectivity index (χ2v) is 7.98. The number of anilines is 1. The minimum absolute atomic E-state index is 0.265. The number of ether oxygens (including phenoxy) is 1. The number of nitrogens with one attached hydrogen (secondary N) is 1. The standard InChI is InChI=1S/C26H26FN3O3/c1-18-6-5-7-21(14-18)28-26(31)30(16-19-10-12-20(27)13-11-19)17-22-15-24(29-33-22)23-8-3-4-9-25(23)32-2/h3-14,22H,15-17H2,1-2H3,(H,28,31)/t22-/m0/s1. The van der Waals surface area contributed by atoms with Crippen LogP contribution in [0.2, 0.25) is 0 Å². The smallest absolute Gasteiger partial charge is 0.322 e. The Hall–Kier alpha value is -3.87. The molecule has 170 valence electrons. The molecule has 0 bridgehead atoms. The third-order valence-corrected chi connectivity index (χ3v) is 5.42. The first-order valence-electron chi connectivity index (χ1n) is 10.7. The molecule has 6 nitrogen and oxygen atoms in total. The number of aryl methyl sites for hydroxylation is 1. The number of nitrogens with zero attached hydrogens (tertiary/aromatic N) is 2. The van der Waals surface area contributed by atoms with Gasteiger partial charge in [0, 0.05) is 24.2 Å². The molecule has 0 radical (unpaired) electrons. The Morgan fingerprint density at radius 2 is 1.94 bits per heavy atom. The van der Waals surface area contributed by atoms with E-state index in [4.69, 9.17) is 9.57 Å². The van der Waals surface area contributed by atoms with Crippen molar-refractivity contribution in [2.45, 2.75) is 26.0 Å². The van der Waals surface area contributed by atoms with Crippen molar-refractivity contribution in [1.29, 1.82) is 0 Å². The van der Waals surface area contributed by atoms with E-state index in [2.05, 4.69) is 10.5 Å². The summed E-state index contributed by atoms with van der Waals surface area (Å²) in [4.78, 5) is 20.5. The van der Waals surface area contributed by atoms with E-state index in [1.54, 1.807) is 24.1 Å². The molecule has 1 heterocycles. The fourth-order valence-corrected chi connectivity index (χ4v) is 3.77. The average Bonchev–Trinajstić information content (AvgIpc) is 3.28. The molecule has 1 aliphatic rings. The number of benzene rings is 3. The van der Waals surface area contributed by atoms with Crippen LogP contribution in [0.1, 0.15) is 23.1 Å². The molecule has 1 aliphatic heterocycles. The first-order chi connectivity index (χ1) is 16.0. The molecule has 1 N–H and O–H groups in total. The predicted octanol–water partition coefficient (Wildman–Crippen LogP) is 5.37. The van der Waals surface area contributed by atoms with E-state index >= 15 is 0 Å². The zero-order valence-electron chi connectivity index (χ0n) is 18.6. The summed E-state index contributed by atoms with van der Waals surface area (Å²) < 4.78 is 18.8. The molecule has 0 aromatic heterocycles. The summed E-state index contributed by atoms with van der Waals surface area (Å²) in [7, 11) is 1.62. The van der Waals surface area contributed by atoms with E-state index in [0.29, 0.717) is 25.2 Å². The number of hydrogen-bond acceptors (Lipinski definition) is 4. The summed E-state index contributed by atoms with van der Waals surface area (Å²) in [5.74, 6) is 0.407. The largest absolute Gasteiger partial charge is 0.496 e. The first kappa shape index (κ1) is 22.3. The Balaban J connectivity index is 1.48. The van der Waals surface area contributed by atoms with Gasteiger partial charge in [0.05, 0.1) is 19.4 Å². The highest BCUT2D eigenvalue weighted by molar-refractivity contribution is 6.03. The number of carbonyl (C=O) groups excluding carboxylic acids is 1. The lowest BCUT2D eigenvalue weighted by Gasteiger charge is -2.25. The van der Waals surface area contributed by atoms with Gasteiger partial charge in [-0.1, -0.05) is 41.6 Å². The normalized spacial score (nSPS) is 14.9. The number of halogens is 1. The van der Waals surface area contributed by atoms with E-state index < -0.39 is 0 Å². The van der Waals surface area contributed by atoms with Crippen molar-refractivity contribution in [2.24, 2.45) is 5.16 Å². The number of rotatable bonds is 7. The van der Waals surface area contributed by atoms with Gasteiger partial charge in [0.25, 0.3) is 0 Å². The number of urea groups is 1. The van der Waals surface area contributed by atoms with Gasteiger partial charge in [-0.3, -0.25) is 0 Å². The van der Waals surface area contributed by atoms with E-state index in [1.165, 1.54) is 12.1 Å². The maximum absolute atomic E-state index is 13.4. The van der Waals surface area contributed by atoms with Crippen molar-refractivity contribution in [3.8, 4) is 5.75 Å². The molecule has 7 heteroatoms. The lowest BCUT2D eigenvalue weighted by atomic mass is 10.0. The number of amides is 2. The van der Waals surface area contributed by atoms with Crippen LogP contribution in [0, 0.1) is 12.7 Å². The molecule has 4 rings (SSSR count). The molecule has 0 saturated heterocycles. The van der Waals surface area contributed by atoms with Gasteiger partial charge in [-0.05, 0) is 54.4 Å². The predicted molar refractivity (Wildman–Crippen MR) is 126 cm³/mol. The van der Waals surface area contributed by atoms with Gasteiger partial charge in [-0.2, -0.15) is 0 Å². The lowest BCUT2D eigenvalue weighted by molar-refractivity contribution is 0.0608. The van der Waals surface area contributed by atoms with Crippen LogP contribution in [-0.2, 0) is 11.4 Å². The van der Waals surface area contributed by atoms with Crippen molar-refractivity contribution in [3.05, 3.63) is 95.3 Å². The molecular weight excluding hydrogens is 421 g/mol. The summed E-state index contributed by atoms with van der Waals surface area (Å²) >= 11 is 0. The molecule has 0 saturated carbocycles. The summed E-state index contributed by atoms with van der Waals surface area (Å²) in [6.07, 6.45) is 0.228. The summed E-state index contributed by atoms with van der Waals surface area (Å²) in [6, 6.07) is 21.1. The van der Waals surface area contributed by atoms with Crippen molar-refractivity contribution in [3.63, 3.8) is 0 Å². The SMILES string of the molecule is COc1ccccc1C1=NO[C@H](CN(Cc2ccc(F)cc2)C(=O)Nc2cccc(C)c2)C1. The topological polar surface area (TPSA) is 63.2 Å². The number of para-hydroxylation sites is 1. The van der Waals surface area contributed by atoms with E-state index in [1.807, 2.05) is 55.5 Å². The van der Waals surface area contributed by atoms with Crippen molar-refractivity contribution in [2.75, 3.05) is 19.0 Å². The zero-order valence-corrected chi connectivity index (χ0v) is 18.6. The Kier molecular flexibility index (Phi) is 6.88. The van der Waals surface area contributed by atoms with Crippen LogP contribution in [0.4, 0.5) is 14.9 Å². The van der Waals surface area contributed by atoms with Crippen LogP contribution in [0.15, 0.2) is 78.0 Å². The van der Waals surface area contributed by atoms with Crippen LogP contribution in [0.5, 0.6) is 5.75 Å². The molecule has 0 fully saturated rings. The van der Waals surface area contributed by atoms with E-state index in [9.17, 15) is 9.18 Å². The third kappa shape index (κ3) is 5.68. The van der Waals surface area contributed by atoms with Gasteiger partial charge >= 0.3 is 6.03 Å². The Morgan fingerprint density at radius 1 is 1.15 bits per heavy atom. The maximum Gasteiger partial charge on any atom is 0.322 e. The lowest BCUT2D eigenvalue weighted by Crippen LogP contribution is -2.40. The van der Waals surface area contributed by atoms with E-state index in [0.717, 1.165) is 28.2 Å². The molecule has 0 unspecified atom stereocenters. The first-order valence-corrected chi connectivity index (χ1v) is 10.7. The van der Waals surface area contributed by atoms with Gasteiger partial charge in [0.2, 0.25) is 0 Å². The number of carbonyl (C=O) groups is 1. The van der Waals surface area contributed by atoms with Crippen LogP contribution in [0.3, 0.4) is 0 Å². The minimum atomic E-state index is -0.316. The Labute approximate surface area is 192 Å². The Morgan fingerprint density at radius 3 is 2.70 bits per heavy atom. The Bertz CT molecular complexity index is 1150. The fourth-order valence-electron chi connectivity index (χ4n) is 3.77. The third-order valence-electron chi connectivity index (χ3n) is 5.42. The van der Waals surface area contributed by atoms with Crippen molar-refractivity contribution >= 4 is 17.4 Å². The molecule has 0 spiro atoms. The van der Waals surface area contributed by atoms with E-state index in [-0.39, 0.29) is 18.0 Å². The van der Waals surface area contributed by atoms with Crippen molar-refractivity contribution in [1.82, 2.24) is 4.90 Å². The minimum Gasteiger partial charge on any atom is -0.496 e. The van der Waals surface area contributed by atoms with Crippen molar-refractivity contribution < 1.29 is 18.8 Å². The molecule has 3 aromatic rings. The van der Waals surface area contributed by atoms with Gasteiger partial charge in [0.15, 0.2) is 6.10 Å². The van der Waals surface area contributed by atoms with Gasteiger partial charge in [0.1, 0.15) is 11.6 Å². The zero-order chi connectivity index (χ0) is 23.2. The number of oxime groups is 1. The highest BCUT2D eigenvalue weighted by atomic mass is 19.1. The number of hydrogen-bond donors (Lipinski definition) is 1. The highest BCUT2D eigenvalue weighted by Crippen LogP contribution is 2.25. The summed E-state index contributed by atoms with van der Waals surface area (Å²) in [5.41, 5.74) is 4.23. The fraction of sp³-hybridized carbons (Fsp3) is 0.231. The molecule has 1 atom stereocenters. The molecule has 0 aliphatic carbocycles. The van der Waals surface area contributed by atoms with Crippen LogP contribution < -0.4 is 10.1 Å². The molecular formula is C26H26FN3O3. The summed E-state index contributed by atoms with van der Waals surface area (Å²) in [5, 5.41) is 7.20. The average molecular weight is 448 g/mol. The molecule has 3 aromatic carbocycles. The second kappa shape index (κ2) is 10.2. The van der Waals surface area contributed by atoms with Gasteiger partial charge in [-0.15, -0.1) is 0 Å². The van der Waals surface area contributed by atoms with Gasteiger partial charge < -0.3 is 19.8 Å². The van der Waals surface area contributed by atoms with Gasteiger partial charge in [-0.25, -0.2) is 9.18 Å². The highest BCUT2D eigenvalue weighted by Gasteiger charge is 2.28. The van der Waals surface area contributed by atoms with Crippen LogP contribution in [-0.4, -0.2) is 36.4 Å². The monoisotopic (exact) mass is 447 g/mol. The number of methoxy groups -OCH3 is 1.